The fraction of sp³-hybridized carbons (Fsp3) is 0.167. The Morgan fingerprint density at radius 1 is 0.417 bits per heavy atom. The summed E-state index contributed by atoms with van der Waals surface area (Å²) in [6.45, 7) is 0. The number of fused-ring (bicyclic) bond motifs is 1. The molecule has 0 spiro atoms. The van der Waals surface area contributed by atoms with Crippen molar-refractivity contribution < 1.29 is 0 Å². The summed E-state index contributed by atoms with van der Waals surface area (Å²) in [7, 11) is 0. The van der Waals surface area contributed by atoms with Crippen LogP contribution in [-0.2, 0) is 0 Å². The molecule has 0 heteroatoms. The number of hydrogen-bond donors (Lipinski definition) is 0. The van der Waals surface area contributed by atoms with Crippen LogP contribution in [0.25, 0.3) is 0 Å². The van der Waals surface area contributed by atoms with Crippen LogP contribution in [0.4, 0.5) is 0 Å². The summed E-state index contributed by atoms with van der Waals surface area (Å²) in [4.78, 5) is 0. The Kier molecular flexibility index (Phi) is 2.08. The molecule has 0 amide bonds. The molecule has 0 aromatic heterocycles. The van der Waals surface area contributed by atoms with Crippen molar-refractivity contribution in [1.29, 1.82) is 0 Å². The largest absolute Gasteiger partial charge is 0.0767 e. The van der Waals surface area contributed by atoms with Crippen LogP contribution in [0.15, 0.2) is 60.8 Å². The van der Waals surface area contributed by atoms with Gasteiger partial charge in [0.25, 0.3) is 0 Å². The molecule has 12 heavy (non-hydrogen) atoms. The molecule has 0 bridgehead atoms. The Bertz CT molecular complexity index is 257. The monoisotopic (exact) mass is 156 g/mol. The maximum Gasteiger partial charge on any atom is 0.00506 e. The lowest BCUT2D eigenvalue weighted by Gasteiger charge is -2.17. The average Bonchev–Trinajstić information content (AvgIpc) is 2.06. The third kappa shape index (κ3) is 1.48. The van der Waals surface area contributed by atoms with E-state index in [1.165, 1.54) is 0 Å². The van der Waals surface area contributed by atoms with Gasteiger partial charge in [-0.05, 0) is 0 Å². The molecule has 0 aliphatic heterocycles. The Morgan fingerprint density at radius 3 is 1.17 bits per heavy atom. The van der Waals surface area contributed by atoms with Crippen molar-refractivity contribution in [3.8, 4) is 0 Å². The zero-order valence-electron chi connectivity index (χ0n) is 6.93. The van der Waals surface area contributed by atoms with E-state index >= 15 is 0 Å². The maximum absolute atomic E-state index is 2.24. The molecule has 0 saturated heterocycles. The zero-order valence-corrected chi connectivity index (χ0v) is 6.93. The second kappa shape index (κ2) is 3.40. The van der Waals surface area contributed by atoms with E-state index in [0.717, 1.165) is 0 Å². The second-order valence-corrected chi connectivity index (χ2v) is 3.08. The Balaban J connectivity index is 2.28. The first-order valence-electron chi connectivity index (χ1n) is 4.33. The van der Waals surface area contributed by atoms with Crippen molar-refractivity contribution in [2.24, 2.45) is 11.8 Å². The molecule has 2 aliphatic rings. The summed E-state index contributed by atoms with van der Waals surface area (Å²) >= 11 is 0. The van der Waals surface area contributed by atoms with Gasteiger partial charge in [-0.15, -0.1) is 0 Å². The Hall–Kier alpha value is -1.30. The van der Waals surface area contributed by atoms with Gasteiger partial charge in [0.1, 0.15) is 0 Å². The third-order valence-electron chi connectivity index (χ3n) is 2.22. The molecular weight excluding hydrogens is 144 g/mol. The zero-order chi connectivity index (χ0) is 8.23. The van der Waals surface area contributed by atoms with Gasteiger partial charge in [-0.2, -0.15) is 0 Å². The smallest absolute Gasteiger partial charge is 0.00506 e. The van der Waals surface area contributed by atoms with Crippen LogP contribution in [0.3, 0.4) is 0 Å². The Morgan fingerprint density at radius 2 is 0.750 bits per heavy atom. The molecule has 0 heterocycles. The highest BCUT2D eigenvalue weighted by Crippen LogP contribution is 2.23. The fourth-order valence-electron chi connectivity index (χ4n) is 1.54. The number of hydrogen-bond acceptors (Lipinski definition) is 0. The molecule has 2 rings (SSSR count). The summed E-state index contributed by atoms with van der Waals surface area (Å²) in [5.74, 6) is 1.10. The molecule has 0 radical (unpaired) electrons. The molecule has 2 unspecified atom stereocenters. The van der Waals surface area contributed by atoms with E-state index in [2.05, 4.69) is 60.8 Å². The maximum atomic E-state index is 2.24. The van der Waals surface area contributed by atoms with Crippen LogP contribution in [0.5, 0.6) is 0 Å². The van der Waals surface area contributed by atoms with Crippen molar-refractivity contribution in [1.82, 2.24) is 0 Å². The Labute approximate surface area is 73.3 Å². The van der Waals surface area contributed by atoms with Gasteiger partial charge in [0.15, 0.2) is 0 Å². The lowest BCUT2D eigenvalue weighted by atomic mass is 9.87. The van der Waals surface area contributed by atoms with E-state index in [1.54, 1.807) is 0 Å². The van der Waals surface area contributed by atoms with Gasteiger partial charge in [0, 0.05) is 11.8 Å². The SMILES string of the molecule is C1=CC2\C=C/C=C\C=C/C2C=C1. The van der Waals surface area contributed by atoms with Gasteiger partial charge < -0.3 is 0 Å². The van der Waals surface area contributed by atoms with Gasteiger partial charge in [0.2, 0.25) is 0 Å². The van der Waals surface area contributed by atoms with Gasteiger partial charge in [-0.25, -0.2) is 0 Å². The van der Waals surface area contributed by atoms with E-state index in [4.69, 9.17) is 0 Å². The van der Waals surface area contributed by atoms with Crippen molar-refractivity contribution in [2.75, 3.05) is 0 Å². The van der Waals surface area contributed by atoms with Crippen LogP contribution in [0.1, 0.15) is 0 Å². The van der Waals surface area contributed by atoms with E-state index < -0.39 is 0 Å². The standard InChI is InChI=1S/C12H12/c1-2-4-8-12-10-6-5-9-11(12)7-3-1/h1-12H/b2-1-,7-3-,8-4-. The summed E-state index contributed by atoms with van der Waals surface area (Å²) in [5.41, 5.74) is 0. The minimum atomic E-state index is 0.552. The first kappa shape index (κ1) is 7.35. The summed E-state index contributed by atoms with van der Waals surface area (Å²) in [6.07, 6.45) is 21.6. The molecule has 0 aromatic rings. The van der Waals surface area contributed by atoms with Crippen LogP contribution in [0.2, 0.25) is 0 Å². The highest BCUT2D eigenvalue weighted by molar-refractivity contribution is 5.27. The van der Waals surface area contributed by atoms with Gasteiger partial charge >= 0.3 is 0 Å². The van der Waals surface area contributed by atoms with Crippen molar-refractivity contribution in [3.63, 3.8) is 0 Å². The van der Waals surface area contributed by atoms with Gasteiger partial charge in [-0.1, -0.05) is 60.8 Å². The van der Waals surface area contributed by atoms with Gasteiger partial charge in [0.05, 0.1) is 0 Å². The molecule has 2 aliphatic carbocycles. The highest BCUT2D eigenvalue weighted by Gasteiger charge is 2.12. The highest BCUT2D eigenvalue weighted by atomic mass is 14.2. The summed E-state index contributed by atoms with van der Waals surface area (Å²) in [6, 6.07) is 0. The van der Waals surface area contributed by atoms with Crippen LogP contribution in [0, 0.1) is 11.8 Å². The number of rotatable bonds is 0. The molecule has 60 valence electrons. The van der Waals surface area contributed by atoms with Gasteiger partial charge in [-0.3, -0.25) is 0 Å². The molecule has 0 saturated carbocycles. The lowest BCUT2D eigenvalue weighted by molar-refractivity contribution is 0.667. The minimum absolute atomic E-state index is 0.552. The van der Waals surface area contributed by atoms with Crippen LogP contribution < -0.4 is 0 Å². The molecule has 0 aromatic carbocycles. The van der Waals surface area contributed by atoms with E-state index in [0.29, 0.717) is 11.8 Å². The second-order valence-electron chi connectivity index (χ2n) is 3.08. The normalized spacial score (nSPS) is 39.3. The molecular formula is C12H12. The van der Waals surface area contributed by atoms with Crippen LogP contribution in [-0.4, -0.2) is 0 Å². The molecule has 0 fully saturated rings. The predicted octanol–water partition coefficient (Wildman–Crippen LogP) is 3.03. The number of allylic oxidation sites excluding steroid dienone is 10. The third-order valence-corrected chi connectivity index (χ3v) is 2.22. The quantitative estimate of drug-likeness (QED) is 0.505. The van der Waals surface area contributed by atoms with Crippen LogP contribution >= 0.6 is 0 Å². The van der Waals surface area contributed by atoms with Crippen molar-refractivity contribution in [2.45, 2.75) is 0 Å². The molecule has 0 N–H and O–H groups in total. The lowest BCUT2D eigenvalue weighted by Crippen LogP contribution is -2.07. The molecule has 0 nitrogen and oxygen atoms in total. The average molecular weight is 156 g/mol. The topological polar surface area (TPSA) is 0 Å². The van der Waals surface area contributed by atoms with Crippen molar-refractivity contribution in [3.05, 3.63) is 60.8 Å². The first-order chi connectivity index (χ1) is 5.97. The first-order valence-corrected chi connectivity index (χ1v) is 4.33. The summed E-state index contributed by atoms with van der Waals surface area (Å²) < 4.78 is 0. The molecule has 2 atom stereocenters. The predicted molar refractivity (Wildman–Crippen MR) is 52.7 cm³/mol. The van der Waals surface area contributed by atoms with E-state index in [9.17, 15) is 0 Å². The summed E-state index contributed by atoms with van der Waals surface area (Å²) in [5, 5.41) is 0. The van der Waals surface area contributed by atoms with E-state index in [-0.39, 0.29) is 0 Å². The minimum Gasteiger partial charge on any atom is -0.0767 e. The fourth-order valence-corrected chi connectivity index (χ4v) is 1.54. The van der Waals surface area contributed by atoms with Crippen molar-refractivity contribution >= 4 is 0 Å². The van der Waals surface area contributed by atoms with E-state index in [1.807, 2.05) is 0 Å².